The van der Waals surface area contributed by atoms with Crippen LogP contribution in [0.15, 0.2) is 167 Å². The van der Waals surface area contributed by atoms with Crippen LogP contribution in [0, 0.1) is 0 Å². The SMILES string of the molecule is c1ccc2cc3c(cc2c1)sc1ccc2oc4ccc(-c5c6ccccc6c(-c6ccc7oc8ccccc8c7c6)c6ccccc56)cc4c2c13. The summed E-state index contributed by atoms with van der Waals surface area (Å²) < 4.78 is 15.4. The van der Waals surface area contributed by atoms with Crippen molar-refractivity contribution in [1.82, 2.24) is 0 Å². The zero-order valence-corrected chi connectivity index (χ0v) is 28.1. The summed E-state index contributed by atoms with van der Waals surface area (Å²) in [4.78, 5) is 0. The van der Waals surface area contributed by atoms with Crippen LogP contribution in [0.1, 0.15) is 0 Å². The molecule has 9 aromatic carbocycles. The third kappa shape index (κ3) is 3.81. The Labute approximate surface area is 295 Å². The van der Waals surface area contributed by atoms with Crippen LogP contribution in [-0.2, 0) is 0 Å². The fourth-order valence-corrected chi connectivity index (χ4v) is 9.75. The molecule has 3 heterocycles. The fraction of sp³-hybridized carbons (Fsp3) is 0. The number of hydrogen-bond donors (Lipinski definition) is 0. The minimum atomic E-state index is 0.909. The van der Waals surface area contributed by atoms with Gasteiger partial charge >= 0.3 is 0 Å². The smallest absolute Gasteiger partial charge is 0.136 e. The lowest BCUT2D eigenvalue weighted by molar-refractivity contribution is 0.668. The lowest BCUT2D eigenvalue weighted by atomic mass is 9.85. The van der Waals surface area contributed by atoms with Crippen molar-refractivity contribution in [1.29, 1.82) is 0 Å². The number of rotatable bonds is 2. The summed E-state index contributed by atoms with van der Waals surface area (Å²) in [7, 11) is 0. The predicted octanol–water partition coefficient (Wildman–Crippen LogP) is 14.6. The molecule has 0 N–H and O–H groups in total. The van der Waals surface area contributed by atoms with Crippen molar-refractivity contribution in [2.24, 2.45) is 0 Å². The minimum Gasteiger partial charge on any atom is -0.456 e. The molecule has 0 bridgehead atoms. The highest BCUT2D eigenvalue weighted by atomic mass is 32.1. The van der Waals surface area contributed by atoms with Crippen LogP contribution in [0.5, 0.6) is 0 Å². The minimum absolute atomic E-state index is 0.909. The Hall–Kier alpha value is -6.42. The summed E-state index contributed by atoms with van der Waals surface area (Å²) in [6.07, 6.45) is 0. The van der Waals surface area contributed by atoms with Gasteiger partial charge in [-0.1, -0.05) is 103 Å². The van der Waals surface area contributed by atoms with Gasteiger partial charge in [0.15, 0.2) is 0 Å². The average Bonchev–Trinajstić information content (AvgIpc) is 3.86. The molecule has 0 spiro atoms. The van der Waals surface area contributed by atoms with Gasteiger partial charge in [-0.05, 0) is 109 Å². The lowest BCUT2D eigenvalue weighted by Crippen LogP contribution is -1.90. The molecule has 0 radical (unpaired) electrons. The maximum Gasteiger partial charge on any atom is 0.136 e. The number of hydrogen-bond acceptors (Lipinski definition) is 3. The summed E-state index contributed by atoms with van der Waals surface area (Å²) >= 11 is 1.86. The Bertz CT molecular complexity index is 3370. The first kappa shape index (κ1) is 27.4. The highest BCUT2D eigenvalue weighted by Crippen LogP contribution is 2.48. The van der Waals surface area contributed by atoms with Crippen LogP contribution in [0.3, 0.4) is 0 Å². The number of para-hydroxylation sites is 1. The Kier molecular flexibility index (Phi) is 5.41. The highest BCUT2D eigenvalue weighted by molar-refractivity contribution is 7.26. The van der Waals surface area contributed by atoms with Gasteiger partial charge in [0.2, 0.25) is 0 Å². The second-order valence-corrected chi connectivity index (χ2v) is 14.7. The van der Waals surface area contributed by atoms with Crippen molar-refractivity contribution in [2.45, 2.75) is 0 Å². The summed E-state index contributed by atoms with van der Waals surface area (Å²) in [5, 5.41) is 14.6. The van der Waals surface area contributed by atoms with Crippen molar-refractivity contribution in [2.75, 3.05) is 0 Å². The Balaban J connectivity index is 1.15. The molecule has 0 aliphatic carbocycles. The van der Waals surface area contributed by atoms with E-state index in [2.05, 4.69) is 146 Å². The molecule has 3 heteroatoms. The molecule has 0 saturated carbocycles. The zero-order valence-electron chi connectivity index (χ0n) is 27.2. The van der Waals surface area contributed by atoms with Crippen LogP contribution in [0.4, 0.5) is 0 Å². The van der Waals surface area contributed by atoms with Crippen LogP contribution < -0.4 is 0 Å². The molecule has 12 aromatic rings. The van der Waals surface area contributed by atoms with E-state index >= 15 is 0 Å². The normalized spacial score (nSPS) is 12.3. The molecular formula is C48H26O2S. The molecule has 51 heavy (non-hydrogen) atoms. The van der Waals surface area contributed by atoms with Gasteiger partial charge in [-0.3, -0.25) is 0 Å². The highest BCUT2D eigenvalue weighted by Gasteiger charge is 2.20. The zero-order chi connectivity index (χ0) is 33.2. The van der Waals surface area contributed by atoms with Crippen molar-refractivity contribution in [3.05, 3.63) is 158 Å². The molecule has 2 nitrogen and oxygen atoms in total. The molecule has 0 unspecified atom stereocenters. The predicted molar refractivity (Wildman–Crippen MR) is 217 cm³/mol. The van der Waals surface area contributed by atoms with Gasteiger partial charge < -0.3 is 8.83 Å². The maximum absolute atomic E-state index is 6.57. The third-order valence-corrected chi connectivity index (χ3v) is 11.9. The monoisotopic (exact) mass is 666 g/mol. The molecule has 0 aliphatic rings. The van der Waals surface area contributed by atoms with Crippen molar-refractivity contribution < 1.29 is 8.83 Å². The van der Waals surface area contributed by atoms with Gasteiger partial charge in [0.1, 0.15) is 22.3 Å². The molecule has 0 atom stereocenters. The quantitative estimate of drug-likeness (QED) is 0.172. The van der Waals surface area contributed by atoms with Gasteiger partial charge in [0, 0.05) is 41.7 Å². The van der Waals surface area contributed by atoms with E-state index in [1.54, 1.807) is 0 Å². The topological polar surface area (TPSA) is 26.3 Å². The molecule has 3 aromatic heterocycles. The van der Waals surface area contributed by atoms with Crippen LogP contribution in [0.2, 0.25) is 0 Å². The number of fused-ring (bicyclic) bond motifs is 13. The second kappa shape index (κ2) is 10.1. The Morgan fingerprint density at radius 2 is 0.824 bits per heavy atom. The molecule has 0 fully saturated rings. The Morgan fingerprint density at radius 1 is 0.314 bits per heavy atom. The maximum atomic E-state index is 6.57. The largest absolute Gasteiger partial charge is 0.456 e. The van der Waals surface area contributed by atoms with Crippen LogP contribution >= 0.6 is 11.3 Å². The van der Waals surface area contributed by atoms with Crippen LogP contribution in [-0.4, -0.2) is 0 Å². The van der Waals surface area contributed by atoms with Crippen molar-refractivity contribution in [3.63, 3.8) is 0 Å². The third-order valence-electron chi connectivity index (χ3n) is 10.8. The Morgan fingerprint density at radius 3 is 1.51 bits per heavy atom. The fourth-order valence-electron chi connectivity index (χ4n) is 8.61. The number of benzene rings is 9. The van der Waals surface area contributed by atoms with E-state index < -0.39 is 0 Å². The average molecular weight is 667 g/mol. The van der Waals surface area contributed by atoms with Gasteiger partial charge in [-0.25, -0.2) is 0 Å². The van der Waals surface area contributed by atoms with E-state index in [0.717, 1.165) is 38.5 Å². The molecule has 236 valence electrons. The molecular weight excluding hydrogens is 641 g/mol. The lowest BCUT2D eigenvalue weighted by Gasteiger charge is -2.18. The summed E-state index contributed by atoms with van der Waals surface area (Å²) in [6, 6.07) is 57.1. The first-order valence-corrected chi connectivity index (χ1v) is 18.1. The van der Waals surface area contributed by atoms with Gasteiger partial charge in [-0.2, -0.15) is 0 Å². The molecule has 0 aliphatic heterocycles. The molecule has 12 rings (SSSR count). The van der Waals surface area contributed by atoms with Gasteiger partial charge in [0.25, 0.3) is 0 Å². The van der Waals surface area contributed by atoms with Gasteiger partial charge in [-0.15, -0.1) is 11.3 Å². The van der Waals surface area contributed by atoms with E-state index in [-0.39, 0.29) is 0 Å². The first-order valence-electron chi connectivity index (χ1n) is 17.3. The number of furan rings is 2. The van der Waals surface area contributed by atoms with E-state index in [4.69, 9.17) is 8.83 Å². The number of thiophene rings is 1. The standard InChI is InChI=1S/C48H26O2S/c1-2-10-28-26-44-38(23-27(28)9-1)48-43(51-44)22-21-42-47(48)37-25-30(18-20-41(37)50-42)46-34-14-5-3-12-32(34)45(33-13-4-6-15-35(33)46)29-17-19-40-36(24-29)31-11-7-8-16-39(31)49-40/h1-26H. The van der Waals surface area contributed by atoms with E-state index in [9.17, 15) is 0 Å². The second-order valence-electron chi connectivity index (χ2n) is 13.6. The van der Waals surface area contributed by atoms with Crippen molar-refractivity contribution >= 4 is 108 Å². The van der Waals surface area contributed by atoms with E-state index in [1.807, 2.05) is 23.5 Å². The van der Waals surface area contributed by atoms with Crippen LogP contribution in [0.25, 0.3) is 119 Å². The van der Waals surface area contributed by atoms with Crippen molar-refractivity contribution in [3.8, 4) is 22.3 Å². The summed E-state index contributed by atoms with van der Waals surface area (Å²) in [6.45, 7) is 0. The first-order chi connectivity index (χ1) is 25.3. The summed E-state index contributed by atoms with van der Waals surface area (Å²) in [5.41, 5.74) is 8.51. The van der Waals surface area contributed by atoms with E-state index in [0.29, 0.717) is 0 Å². The summed E-state index contributed by atoms with van der Waals surface area (Å²) in [5.74, 6) is 0. The van der Waals surface area contributed by atoms with E-state index in [1.165, 1.54) is 80.1 Å². The van der Waals surface area contributed by atoms with Gasteiger partial charge in [0.05, 0.1) is 0 Å². The molecule has 0 saturated heterocycles. The molecule has 0 amide bonds.